The molecule has 2 rings (SSSR count). The van der Waals surface area contributed by atoms with Crippen LogP contribution in [0, 0.1) is 12.8 Å². The van der Waals surface area contributed by atoms with Gasteiger partial charge in [-0.05, 0) is 32.5 Å². The fourth-order valence-electron chi connectivity index (χ4n) is 2.39. The summed E-state index contributed by atoms with van der Waals surface area (Å²) in [5.74, 6) is 0.216. The molecule has 0 amide bonds. The number of pyridine rings is 1. The van der Waals surface area contributed by atoms with Crippen LogP contribution < -0.4 is 0 Å². The average molecular weight is 250 g/mol. The van der Waals surface area contributed by atoms with Gasteiger partial charge < -0.3 is 14.7 Å². The maximum absolute atomic E-state index is 9.91. The van der Waals surface area contributed by atoms with E-state index in [1.807, 2.05) is 25.1 Å². The minimum Gasteiger partial charge on any atom is -0.393 e. The Kier molecular flexibility index (Phi) is 4.69. The van der Waals surface area contributed by atoms with Gasteiger partial charge in [0.25, 0.3) is 0 Å². The summed E-state index contributed by atoms with van der Waals surface area (Å²) in [7, 11) is 2.06. The van der Waals surface area contributed by atoms with Crippen LogP contribution in [-0.2, 0) is 11.3 Å². The highest BCUT2D eigenvalue weighted by Crippen LogP contribution is 2.16. The first kappa shape index (κ1) is 13.5. The Hall–Kier alpha value is -0.970. The number of hydrogen-bond acceptors (Lipinski definition) is 4. The summed E-state index contributed by atoms with van der Waals surface area (Å²) in [6, 6.07) is 6.07. The predicted molar refractivity (Wildman–Crippen MR) is 70.2 cm³/mol. The molecule has 1 saturated heterocycles. The van der Waals surface area contributed by atoms with E-state index in [2.05, 4.69) is 16.9 Å². The molecule has 0 saturated carbocycles. The van der Waals surface area contributed by atoms with Crippen molar-refractivity contribution < 1.29 is 9.84 Å². The van der Waals surface area contributed by atoms with Gasteiger partial charge in [0.2, 0.25) is 0 Å². The largest absolute Gasteiger partial charge is 0.393 e. The molecule has 1 fully saturated rings. The number of aliphatic hydroxyl groups excluding tert-OH is 1. The van der Waals surface area contributed by atoms with Gasteiger partial charge in [-0.1, -0.05) is 6.07 Å². The SMILES string of the molecule is Cc1cccc(CN(C)CC2COCCC2O)n1. The van der Waals surface area contributed by atoms with Crippen molar-refractivity contribution in [1.82, 2.24) is 9.88 Å². The molecule has 0 aliphatic carbocycles. The smallest absolute Gasteiger partial charge is 0.0624 e. The van der Waals surface area contributed by atoms with E-state index < -0.39 is 0 Å². The first-order chi connectivity index (χ1) is 8.65. The number of hydrogen-bond donors (Lipinski definition) is 1. The Morgan fingerprint density at radius 3 is 3.06 bits per heavy atom. The minimum atomic E-state index is -0.230. The van der Waals surface area contributed by atoms with E-state index in [1.54, 1.807) is 0 Å². The lowest BCUT2D eigenvalue weighted by atomic mass is 9.98. The average Bonchev–Trinajstić information content (AvgIpc) is 2.32. The van der Waals surface area contributed by atoms with E-state index in [0.717, 1.165) is 30.9 Å². The lowest BCUT2D eigenvalue weighted by Crippen LogP contribution is -2.39. The van der Waals surface area contributed by atoms with Gasteiger partial charge in [0.15, 0.2) is 0 Å². The molecular formula is C14H22N2O2. The van der Waals surface area contributed by atoms with Gasteiger partial charge >= 0.3 is 0 Å². The first-order valence-corrected chi connectivity index (χ1v) is 6.52. The summed E-state index contributed by atoms with van der Waals surface area (Å²) >= 11 is 0. The van der Waals surface area contributed by atoms with Gasteiger partial charge in [-0.15, -0.1) is 0 Å². The Morgan fingerprint density at radius 1 is 1.50 bits per heavy atom. The summed E-state index contributed by atoms with van der Waals surface area (Å²) in [5, 5.41) is 9.91. The van der Waals surface area contributed by atoms with Gasteiger partial charge in [-0.2, -0.15) is 0 Å². The fourth-order valence-corrected chi connectivity index (χ4v) is 2.39. The van der Waals surface area contributed by atoms with E-state index in [0.29, 0.717) is 13.2 Å². The third kappa shape index (κ3) is 3.77. The van der Waals surface area contributed by atoms with Crippen molar-refractivity contribution in [2.45, 2.75) is 26.0 Å². The molecule has 2 unspecified atom stereocenters. The second-order valence-corrected chi connectivity index (χ2v) is 5.16. The molecule has 0 spiro atoms. The molecule has 0 radical (unpaired) electrons. The molecule has 100 valence electrons. The zero-order valence-corrected chi connectivity index (χ0v) is 11.2. The van der Waals surface area contributed by atoms with Gasteiger partial charge in [-0.25, -0.2) is 0 Å². The summed E-state index contributed by atoms with van der Waals surface area (Å²) in [6.45, 7) is 5.00. The summed E-state index contributed by atoms with van der Waals surface area (Å²) < 4.78 is 5.42. The van der Waals surface area contributed by atoms with Crippen LogP contribution in [0.3, 0.4) is 0 Å². The van der Waals surface area contributed by atoms with Crippen LogP contribution in [0.1, 0.15) is 17.8 Å². The van der Waals surface area contributed by atoms with Gasteiger partial charge in [0, 0.05) is 31.3 Å². The molecule has 2 atom stereocenters. The zero-order valence-electron chi connectivity index (χ0n) is 11.2. The lowest BCUT2D eigenvalue weighted by Gasteiger charge is -2.31. The summed E-state index contributed by atoms with van der Waals surface area (Å²) in [6.07, 6.45) is 0.521. The number of rotatable bonds is 4. The molecular weight excluding hydrogens is 228 g/mol. The Labute approximate surface area is 109 Å². The van der Waals surface area contributed by atoms with Crippen LogP contribution in [0.5, 0.6) is 0 Å². The number of aliphatic hydroxyl groups is 1. The number of aromatic nitrogens is 1. The van der Waals surface area contributed by atoms with E-state index in [4.69, 9.17) is 4.74 Å². The fraction of sp³-hybridized carbons (Fsp3) is 0.643. The predicted octanol–water partition coefficient (Wildman–Crippen LogP) is 1.22. The molecule has 0 aromatic carbocycles. The summed E-state index contributed by atoms with van der Waals surface area (Å²) in [4.78, 5) is 6.69. The quantitative estimate of drug-likeness (QED) is 0.872. The van der Waals surface area contributed by atoms with Crippen molar-refractivity contribution in [3.63, 3.8) is 0 Å². The zero-order chi connectivity index (χ0) is 13.0. The summed E-state index contributed by atoms with van der Waals surface area (Å²) in [5.41, 5.74) is 2.12. The third-order valence-electron chi connectivity index (χ3n) is 3.36. The van der Waals surface area contributed by atoms with Crippen molar-refractivity contribution in [3.05, 3.63) is 29.6 Å². The van der Waals surface area contributed by atoms with E-state index in [-0.39, 0.29) is 12.0 Å². The van der Waals surface area contributed by atoms with Crippen LogP contribution in [0.4, 0.5) is 0 Å². The first-order valence-electron chi connectivity index (χ1n) is 6.52. The van der Waals surface area contributed by atoms with Crippen LogP contribution in [0.25, 0.3) is 0 Å². The maximum Gasteiger partial charge on any atom is 0.0624 e. The van der Waals surface area contributed by atoms with Crippen LogP contribution in [0.2, 0.25) is 0 Å². The Balaban J connectivity index is 1.86. The number of ether oxygens (including phenoxy) is 1. The van der Waals surface area contributed by atoms with E-state index in [1.165, 1.54) is 0 Å². The van der Waals surface area contributed by atoms with E-state index >= 15 is 0 Å². The van der Waals surface area contributed by atoms with Crippen LogP contribution >= 0.6 is 0 Å². The van der Waals surface area contributed by atoms with Crippen molar-refractivity contribution in [2.24, 2.45) is 5.92 Å². The molecule has 1 aliphatic rings. The standard InChI is InChI=1S/C14H22N2O2/c1-11-4-3-5-13(15-11)9-16(2)8-12-10-18-7-6-14(12)17/h3-5,12,14,17H,6-10H2,1-2H3. The van der Waals surface area contributed by atoms with Crippen LogP contribution in [-0.4, -0.2) is 47.9 Å². The van der Waals surface area contributed by atoms with Crippen molar-refractivity contribution in [1.29, 1.82) is 0 Å². The van der Waals surface area contributed by atoms with Crippen molar-refractivity contribution in [3.8, 4) is 0 Å². The second kappa shape index (κ2) is 6.27. The normalized spacial score (nSPS) is 24.4. The van der Waals surface area contributed by atoms with Gasteiger partial charge in [-0.3, -0.25) is 4.98 Å². The minimum absolute atomic E-state index is 0.216. The highest BCUT2D eigenvalue weighted by molar-refractivity contribution is 5.09. The Morgan fingerprint density at radius 2 is 2.33 bits per heavy atom. The van der Waals surface area contributed by atoms with Crippen molar-refractivity contribution >= 4 is 0 Å². The molecule has 1 aliphatic heterocycles. The molecule has 4 heteroatoms. The Bertz CT molecular complexity index is 384. The third-order valence-corrected chi connectivity index (χ3v) is 3.36. The number of nitrogens with zero attached hydrogens (tertiary/aromatic N) is 2. The van der Waals surface area contributed by atoms with Crippen LogP contribution in [0.15, 0.2) is 18.2 Å². The molecule has 2 heterocycles. The molecule has 1 aromatic rings. The molecule has 4 nitrogen and oxygen atoms in total. The highest BCUT2D eigenvalue weighted by Gasteiger charge is 2.24. The highest BCUT2D eigenvalue weighted by atomic mass is 16.5. The van der Waals surface area contributed by atoms with Gasteiger partial charge in [0.05, 0.1) is 18.4 Å². The number of aryl methyl sites for hydroxylation is 1. The molecule has 1 N–H and O–H groups in total. The monoisotopic (exact) mass is 250 g/mol. The molecule has 0 bridgehead atoms. The van der Waals surface area contributed by atoms with Crippen molar-refractivity contribution in [2.75, 3.05) is 26.8 Å². The maximum atomic E-state index is 9.91. The second-order valence-electron chi connectivity index (χ2n) is 5.16. The lowest BCUT2D eigenvalue weighted by molar-refractivity contribution is -0.0451. The van der Waals surface area contributed by atoms with E-state index in [9.17, 15) is 5.11 Å². The molecule has 18 heavy (non-hydrogen) atoms. The molecule has 1 aromatic heterocycles. The topological polar surface area (TPSA) is 45.6 Å². The van der Waals surface area contributed by atoms with Gasteiger partial charge in [0.1, 0.15) is 0 Å².